The van der Waals surface area contributed by atoms with Crippen molar-refractivity contribution >= 4 is 99.8 Å². The molecule has 0 bridgehead atoms. The van der Waals surface area contributed by atoms with Crippen molar-refractivity contribution in [1.82, 2.24) is 0 Å². The van der Waals surface area contributed by atoms with Crippen molar-refractivity contribution in [3.05, 3.63) is 0 Å². The maximum absolute atomic E-state index is 8.52. The number of rotatable bonds is 0. The third-order valence-electron chi connectivity index (χ3n) is 0. The zero-order chi connectivity index (χ0) is 8.08. The Morgan fingerprint density at radius 2 is 1.09 bits per heavy atom. The van der Waals surface area contributed by atoms with E-state index in [-0.39, 0.29) is 83.2 Å². The first-order valence-electron chi connectivity index (χ1n) is 1.28. The van der Waals surface area contributed by atoms with Crippen LogP contribution in [0.25, 0.3) is 0 Å². The Labute approximate surface area is 130 Å². The Morgan fingerprint density at radius 1 is 1.09 bits per heavy atom. The summed E-state index contributed by atoms with van der Waals surface area (Å²) in [6, 6.07) is 0. The van der Waals surface area contributed by atoms with E-state index >= 15 is 0 Å². The Bertz CT molecular complexity index is 161. The Balaban J connectivity index is -0.0000000383. The molecule has 0 atom stereocenters. The number of hydrogen-bond acceptors (Lipinski definition) is 7. The van der Waals surface area contributed by atoms with E-state index in [0.29, 0.717) is 0 Å². The molecule has 0 aliphatic heterocycles. The van der Waals surface area contributed by atoms with Gasteiger partial charge < -0.3 is 24.1 Å². The fraction of sp³-hybridized carbons (Fsp3) is 0. The molecule has 0 aromatic rings. The van der Waals surface area contributed by atoms with Gasteiger partial charge in [0.2, 0.25) is 0 Å². The van der Waals surface area contributed by atoms with Crippen LogP contribution < -0.4 is 10.2 Å². The molecule has 0 spiro atoms. The van der Waals surface area contributed by atoms with Crippen LogP contribution in [0.4, 0.5) is 4.79 Å². The topological polar surface area (TPSA) is 143 Å². The van der Waals surface area contributed by atoms with Gasteiger partial charge >= 0.3 is 83.2 Å². The quantitative estimate of drug-likeness (QED) is 0.247. The molecule has 0 aromatic heterocycles. The van der Waals surface area contributed by atoms with E-state index in [4.69, 9.17) is 32.5 Å². The van der Waals surface area contributed by atoms with Gasteiger partial charge in [-0.2, -0.15) is 0 Å². The summed E-state index contributed by atoms with van der Waals surface area (Å²) in [5, 5.41) is 16.7. The first-order chi connectivity index (χ1) is 3.73. The van der Waals surface area contributed by atoms with Crippen molar-refractivity contribution in [2.75, 3.05) is 0 Å². The summed E-state index contributed by atoms with van der Waals surface area (Å²) in [5.41, 5.74) is 0. The fourth-order valence-electron chi connectivity index (χ4n) is 0. The molecule has 0 radical (unpaired) electrons. The second-order valence-corrected chi connectivity index (χ2v) is 1.47. The van der Waals surface area contributed by atoms with Crippen LogP contribution in [0.15, 0.2) is 0 Å². The van der Waals surface area contributed by atoms with Crippen LogP contribution >= 0.6 is 0 Å². The Kier molecular flexibility index (Phi) is 24.9. The number of carbonyl (C=O) groups excluding carboxylic acids is 1. The summed E-state index contributed by atoms with van der Waals surface area (Å²) in [7, 11) is -5.17. The molecule has 0 heterocycles. The maximum atomic E-state index is 8.52. The Hall–Kier alpha value is 1.88. The summed E-state index contributed by atoms with van der Waals surface area (Å²) < 4.78 is 34.1. The van der Waals surface area contributed by atoms with E-state index in [1.165, 1.54) is 0 Å². The minimum absolute atomic E-state index is 0. The average Bonchev–Trinajstić information content (AvgIpc) is 1.19. The molecular formula is CCaO7SSr. The van der Waals surface area contributed by atoms with Gasteiger partial charge in [0, 0.05) is 10.4 Å². The van der Waals surface area contributed by atoms with Gasteiger partial charge in [0.25, 0.3) is 0 Å². The van der Waals surface area contributed by atoms with Crippen molar-refractivity contribution in [3.63, 3.8) is 0 Å². The van der Waals surface area contributed by atoms with Gasteiger partial charge in [-0.05, 0) is 6.16 Å². The van der Waals surface area contributed by atoms with Gasteiger partial charge in [0.15, 0.2) is 0 Å². The average molecular weight is 284 g/mol. The van der Waals surface area contributed by atoms with Gasteiger partial charge in [0.05, 0.1) is 0 Å². The van der Waals surface area contributed by atoms with E-state index in [1.54, 1.807) is 0 Å². The van der Waals surface area contributed by atoms with Crippen molar-refractivity contribution < 1.29 is 32.5 Å². The van der Waals surface area contributed by atoms with Crippen LogP contribution in [0.5, 0.6) is 0 Å². The molecule has 0 saturated carbocycles. The largest absolute Gasteiger partial charge is 2.00 e. The molecule has 0 aromatic carbocycles. The van der Waals surface area contributed by atoms with E-state index in [1.807, 2.05) is 0 Å². The van der Waals surface area contributed by atoms with Gasteiger partial charge in [-0.15, -0.1) is 0 Å². The molecule has 0 unspecified atom stereocenters. The third kappa shape index (κ3) is 328. The van der Waals surface area contributed by atoms with E-state index in [0.717, 1.165) is 0 Å². The van der Waals surface area contributed by atoms with Crippen molar-refractivity contribution in [1.29, 1.82) is 0 Å². The van der Waals surface area contributed by atoms with Crippen LogP contribution in [0, 0.1) is 0 Å². The molecule has 0 N–H and O–H groups in total. The van der Waals surface area contributed by atoms with Crippen molar-refractivity contribution in [3.8, 4) is 0 Å². The number of hydrogen-bond donors (Lipinski definition) is 0. The standard InChI is InChI=1S/CH2O3.Ca.H2O4S.Sr/c2-1(3)4;;1-5(2,3)4;/h(H2,2,3,4);;(H2,1,2,3,4);/q;+2;;+2/p-4. The van der Waals surface area contributed by atoms with E-state index < -0.39 is 16.6 Å². The fourth-order valence-corrected chi connectivity index (χ4v) is 0. The second-order valence-electron chi connectivity index (χ2n) is 0.658. The molecule has 0 rings (SSSR count). The van der Waals surface area contributed by atoms with Gasteiger partial charge in [-0.1, -0.05) is 0 Å². The molecule has 7 nitrogen and oxygen atoms in total. The molecule has 0 saturated heterocycles. The second kappa shape index (κ2) is 11.9. The monoisotopic (exact) mass is 284 g/mol. The smallest absolute Gasteiger partial charge is 0.759 e. The molecule has 56 valence electrons. The minimum atomic E-state index is -5.17. The molecular weight excluding hydrogens is 284 g/mol. The minimum Gasteiger partial charge on any atom is -0.759 e. The van der Waals surface area contributed by atoms with Gasteiger partial charge in [0.1, 0.15) is 0 Å². The molecule has 0 amide bonds. The van der Waals surface area contributed by atoms with Crippen molar-refractivity contribution in [2.24, 2.45) is 0 Å². The molecule has 0 aliphatic rings. The van der Waals surface area contributed by atoms with Crippen LogP contribution in [0.3, 0.4) is 0 Å². The molecule has 0 fully saturated rings. The van der Waals surface area contributed by atoms with Crippen LogP contribution in [0.1, 0.15) is 0 Å². The normalized spacial score (nSPS) is 7.45. The predicted octanol–water partition coefficient (Wildman–Crippen LogP) is -4.55. The molecule has 11 heavy (non-hydrogen) atoms. The summed E-state index contributed by atoms with van der Waals surface area (Å²) in [6.07, 6.45) is -2.33. The summed E-state index contributed by atoms with van der Waals surface area (Å²) >= 11 is 0. The zero-order valence-electron chi connectivity index (χ0n) is 5.18. The number of carbonyl (C=O) groups is 1. The zero-order valence-corrected chi connectivity index (χ0v) is 11.7. The summed E-state index contributed by atoms with van der Waals surface area (Å²) in [5.74, 6) is 0. The third-order valence-corrected chi connectivity index (χ3v) is 0. The van der Waals surface area contributed by atoms with E-state index in [2.05, 4.69) is 0 Å². The maximum Gasteiger partial charge on any atom is 2.00 e. The SMILES string of the molecule is O=C([O-])[O-].O=S(=O)([O-])[O-].[Ca+2].[Sr+2]. The van der Waals surface area contributed by atoms with Gasteiger partial charge in [-0.25, -0.2) is 0 Å². The first kappa shape index (κ1) is 23.1. The number of carboxylic acid groups (broad SMARTS) is 2. The molecule has 0 aliphatic carbocycles. The van der Waals surface area contributed by atoms with Crippen molar-refractivity contribution in [2.45, 2.75) is 0 Å². The summed E-state index contributed by atoms with van der Waals surface area (Å²) in [6.45, 7) is 0. The molecule has 10 heteroatoms. The van der Waals surface area contributed by atoms with Crippen LogP contribution in [-0.4, -0.2) is 107 Å². The summed E-state index contributed by atoms with van der Waals surface area (Å²) in [4.78, 5) is 8.33. The predicted molar refractivity (Wildman–Crippen MR) is 27.4 cm³/mol. The Morgan fingerprint density at radius 3 is 1.09 bits per heavy atom. The van der Waals surface area contributed by atoms with E-state index in [9.17, 15) is 0 Å². The van der Waals surface area contributed by atoms with Crippen LogP contribution in [-0.2, 0) is 10.4 Å². The first-order valence-corrected chi connectivity index (χ1v) is 2.61. The van der Waals surface area contributed by atoms with Crippen LogP contribution in [0.2, 0.25) is 0 Å². The van der Waals surface area contributed by atoms with Gasteiger partial charge in [-0.3, -0.25) is 8.42 Å².